The number of piperidine rings is 1. The first kappa shape index (κ1) is 14.3. The lowest BCUT2D eigenvalue weighted by Crippen LogP contribution is -2.49. The highest BCUT2D eigenvalue weighted by atomic mass is 19.1. The first-order valence-corrected chi connectivity index (χ1v) is 6.98. The molecule has 3 nitrogen and oxygen atoms in total. The van der Waals surface area contributed by atoms with Crippen molar-refractivity contribution in [2.24, 2.45) is 11.8 Å². The predicted molar refractivity (Wildman–Crippen MR) is 72.4 cm³/mol. The van der Waals surface area contributed by atoms with Crippen LogP contribution in [-0.2, 0) is 4.79 Å². The fourth-order valence-electron chi connectivity index (χ4n) is 3.60. The normalized spacial score (nSPS) is 31.9. The molecule has 2 rings (SSSR count). The molecule has 0 amide bonds. The summed E-state index contributed by atoms with van der Waals surface area (Å²) in [6, 6.07) is 0.496. The molecular weight excluding hydrogens is 245 g/mol. The summed E-state index contributed by atoms with van der Waals surface area (Å²) in [6.45, 7) is 7.63. The zero-order valence-corrected chi connectivity index (χ0v) is 11.2. The van der Waals surface area contributed by atoms with Crippen molar-refractivity contribution in [2.75, 3.05) is 6.54 Å². The van der Waals surface area contributed by atoms with E-state index in [0.717, 1.165) is 25.7 Å². The smallest absolute Gasteiger partial charge is 0.308 e. The zero-order valence-electron chi connectivity index (χ0n) is 11.2. The van der Waals surface area contributed by atoms with Crippen LogP contribution >= 0.6 is 0 Å². The lowest BCUT2D eigenvalue weighted by Gasteiger charge is -2.39. The van der Waals surface area contributed by atoms with Gasteiger partial charge in [0, 0.05) is 24.5 Å². The van der Waals surface area contributed by atoms with Crippen molar-refractivity contribution >= 4 is 5.97 Å². The summed E-state index contributed by atoms with van der Waals surface area (Å²) in [5.74, 6) is -1.59. The van der Waals surface area contributed by atoms with Gasteiger partial charge in [0.05, 0.1) is 11.7 Å². The van der Waals surface area contributed by atoms with Crippen LogP contribution in [0.1, 0.15) is 32.1 Å². The van der Waals surface area contributed by atoms with Gasteiger partial charge in [-0.3, -0.25) is 9.69 Å². The molecule has 2 heterocycles. The van der Waals surface area contributed by atoms with Crippen molar-refractivity contribution in [3.05, 3.63) is 25.1 Å². The first-order valence-electron chi connectivity index (χ1n) is 6.98. The van der Waals surface area contributed by atoms with Crippen LogP contribution in [0, 0.1) is 11.8 Å². The Morgan fingerprint density at radius 1 is 1.42 bits per heavy atom. The van der Waals surface area contributed by atoms with Gasteiger partial charge in [-0.15, -0.1) is 6.58 Å². The molecule has 19 heavy (non-hydrogen) atoms. The summed E-state index contributed by atoms with van der Waals surface area (Å²) < 4.78 is 13.5. The number of nitrogens with zero attached hydrogens (tertiary/aromatic N) is 1. The second-order valence-electron chi connectivity index (χ2n) is 5.69. The molecule has 2 aliphatic rings. The number of carboxylic acids is 1. The SMILES string of the molecule is C=CCC(CN1C2CCC(C(=O)O)C1CC2)C(=C)F. The van der Waals surface area contributed by atoms with E-state index in [0.29, 0.717) is 19.0 Å². The van der Waals surface area contributed by atoms with E-state index in [1.807, 2.05) is 0 Å². The standard InChI is InChI=1S/C15H22FNO2/c1-3-4-11(10(2)16)9-17-12-5-7-13(15(18)19)14(17)8-6-12/h3,11-14H,1-2,4-9H2,(H,18,19). The molecule has 0 aromatic carbocycles. The fourth-order valence-corrected chi connectivity index (χ4v) is 3.60. The highest BCUT2D eigenvalue weighted by Gasteiger charge is 2.45. The molecule has 2 aliphatic heterocycles. The summed E-state index contributed by atoms with van der Waals surface area (Å²) in [5.41, 5.74) is 0. The summed E-state index contributed by atoms with van der Waals surface area (Å²) >= 11 is 0. The van der Waals surface area contributed by atoms with Crippen molar-refractivity contribution in [3.8, 4) is 0 Å². The molecule has 0 aromatic heterocycles. The van der Waals surface area contributed by atoms with E-state index in [4.69, 9.17) is 0 Å². The van der Waals surface area contributed by atoms with E-state index >= 15 is 0 Å². The van der Waals surface area contributed by atoms with E-state index in [1.54, 1.807) is 6.08 Å². The van der Waals surface area contributed by atoms with E-state index in [2.05, 4.69) is 18.1 Å². The Bertz CT molecular complexity index is 382. The predicted octanol–water partition coefficient (Wildman–Crippen LogP) is 2.99. The quantitative estimate of drug-likeness (QED) is 0.752. The van der Waals surface area contributed by atoms with Crippen LogP contribution in [0.2, 0.25) is 0 Å². The van der Waals surface area contributed by atoms with Crippen LogP contribution in [0.4, 0.5) is 4.39 Å². The lowest BCUT2D eigenvalue weighted by atomic mass is 9.89. The molecule has 0 aromatic rings. The minimum atomic E-state index is -0.713. The molecule has 2 fully saturated rings. The van der Waals surface area contributed by atoms with Crippen molar-refractivity contribution in [1.29, 1.82) is 0 Å². The summed E-state index contributed by atoms with van der Waals surface area (Å²) in [7, 11) is 0. The average Bonchev–Trinajstić information content (AvgIpc) is 2.60. The molecule has 1 N–H and O–H groups in total. The molecule has 4 heteroatoms. The van der Waals surface area contributed by atoms with Crippen molar-refractivity contribution in [3.63, 3.8) is 0 Å². The summed E-state index contributed by atoms with van der Waals surface area (Å²) in [6.07, 6.45) is 5.88. The Morgan fingerprint density at radius 2 is 2.11 bits per heavy atom. The van der Waals surface area contributed by atoms with Crippen LogP contribution in [0.15, 0.2) is 25.1 Å². The third-order valence-electron chi connectivity index (χ3n) is 4.61. The number of carbonyl (C=O) groups is 1. The van der Waals surface area contributed by atoms with Gasteiger partial charge in [-0.05, 0) is 32.1 Å². The second kappa shape index (κ2) is 5.87. The van der Waals surface area contributed by atoms with Gasteiger partial charge >= 0.3 is 5.97 Å². The van der Waals surface area contributed by atoms with Crippen molar-refractivity contribution < 1.29 is 14.3 Å². The molecular formula is C15H22FNO2. The molecule has 2 saturated heterocycles. The maximum atomic E-state index is 13.5. The Morgan fingerprint density at radius 3 is 2.68 bits per heavy atom. The molecule has 0 spiro atoms. The van der Waals surface area contributed by atoms with E-state index in [9.17, 15) is 14.3 Å². The Balaban J connectivity index is 2.08. The number of aliphatic carboxylic acids is 1. The van der Waals surface area contributed by atoms with Gasteiger partial charge in [-0.2, -0.15) is 0 Å². The van der Waals surface area contributed by atoms with E-state index < -0.39 is 5.97 Å². The minimum Gasteiger partial charge on any atom is -0.481 e. The fraction of sp³-hybridized carbons (Fsp3) is 0.667. The van der Waals surface area contributed by atoms with Crippen molar-refractivity contribution in [2.45, 2.75) is 44.2 Å². The van der Waals surface area contributed by atoms with Crippen molar-refractivity contribution in [1.82, 2.24) is 4.90 Å². The van der Waals surface area contributed by atoms with E-state index in [1.165, 1.54) is 0 Å². The maximum absolute atomic E-state index is 13.5. The number of hydrogen-bond acceptors (Lipinski definition) is 2. The first-order chi connectivity index (χ1) is 9.04. The molecule has 0 aliphatic carbocycles. The minimum absolute atomic E-state index is 0.0721. The van der Waals surface area contributed by atoms with Gasteiger partial charge in [0.2, 0.25) is 0 Å². The Hall–Kier alpha value is -1.16. The van der Waals surface area contributed by atoms with Crippen LogP contribution in [0.3, 0.4) is 0 Å². The van der Waals surface area contributed by atoms with Gasteiger partial charge in [-0.1, -0.05) is 12.7 Å². The number of fused-ring (bicyclic) bond motifs is 2. The van der Waals surface area contributed by atoms with Crippen LogP contribution in [0.25, 0.3) is 0 Å². The molecule has 0 saturated carbocycles. The summed E-state index contributed by atoms with van der Waals surface area (Å²) in [5, 5.41) is 9.29. The number of hydrogen-bond donors (Lipinski definition) is 1. The topological polar surface area (TPSA) is 40.5 Å². The largest absolute Gasteiger partial charge is 0.481 e. The third-order valence-corrected chi connectivity index (χ3v) is 4.61. The summed E-state index contributed by atoms with van der Waals surface area (Å²) in [4.78, 5) is 13.5. The Labute approximate surface area is 113 Å². The zero-order chi connectivity index (χ0) is 14.0. The van der Waals surface area contributed by atoms with Crippen LogP contribution in [-0.4, -0.2) is 34.6 Å². The second-order valence-corrected chi connectivity index (χ2v) is 5.69. The average molecular weight is 267 g/mol. The number of halogens is 1. The van der Waals surface area contributed by atoms with Crippen LogP contribution < -0.4 is 0 Å². The highest BCUT2D eigenvalue weighted by Crippen LogP contribution is 2.40. The van der Waals surface area contributed by atoms with Crippen LogP contribution in [0.5, 0.6) is 0 Å². The molecule has 106 valence electrons. The van der Waals surface area contributed by atoms with Gasteiger partial charge < -0.3 is 5.11 Å². The third kappa shape index (κ3) is 2.89. The maximum Gasteiger partial charge on any atom is 0.308 e. The van der Waals surface area contributed by atoms with Gasteiger partial charge in [0.25, 0.3) is 0 Å². The molecule has 0 radical (unpaired) electrons. The lowest BCUT2D eigenvalue weighted by molar-refractivity contribution is -0.145. The molecule has 2 bridgehead atoms. The highest BCUT2D eigenvalue weighted by molar-refractivity contribution is 5.71. The molecule has 4 unspecified atom stereocenters. The number of carboxylic acid groups (broad SMARTS) is 1. The van der Waals surface area contributed by atoms with Gasteiger partial charge in [-0.25, -0.2) is 4.39 Å². The van der Waals surface area contributed by atoms with E-state index in [-0.39, 0.29) is 23.7 Å². The Kier molecular flexibility index (Phi) is 4.40. The number of rotatable bonds is 6. The number of allylic oxidation sites excluding steroid dienone is 1. The molecule has 4 atom stereocenters. The monoisotopic (exact) mass is 267 g/mol. The van der Waals surface area contributed by atoms with Gasteiger partial charge in [0.15, 0.2) is 0 Å². The van der Waals surface area contributed by atoms with Gasteiger partial charge in [0.1, 0.15) is 0 Å².